The summed E-state index contributed by atoms with van der Waals surface area (Å²) >= 11 is 0. The molecule has 0 saturated carbocycles. The van der Waals surface area contributed by atoms with Crippen LogP contribution in [0.3, 0.4) is 0 Å². The lowest BCUT2D eigenvalue weighted by molar-refractivity contribution is -0.130. The first kappa shape index (κ1) is 16.0. The highest BCUT2D eigenvalue weighted by atomic mass is 16.3. The van der Waals surface area contributed by atoms with Crippen LogP contribution in [0.2, 0.25) is 0 Å². The zero-order chi connectivity index (χ0) is 16.5. The second-order valence-electron chi connectivity index (χ2n) is 5.71. The Bertz CT molecular complexity index is 676. The molecule has 6 heteroatoms. The summed E-state index contributed by atoms with van der Waals surface area (Å²) in [7, 11) is 0. The molecule has 2 rings (SSSR count). The van der Waals surface area contributed by atoms with Gasteiger partial charge in [0.1, 0.15) is 12.3 Å². The Morgan fingerprint density at radius 3 is 2.50 bits per heavy atom. The fourth-order valence-corrected chi connectivity index (χ4v) is 2.12. The third kappa shape index (κ3) is 2.57. The van der Waals surface area contributed by atoms with Crippen LogP contribution in [0.15, 0.2) is 29.3 Å². The number of carbonyl (C=O) groups excluding carboxylic acids is 3. The van der Waals surface area contributed by atoms with Gasteiger partial charge < -0.3 is 5.11 Å². The van der Waals surface area contributed by atoms with E-state index < -0.39 is 23.8 Å². The van der Waals surface area contributed by atoms with Crippen LogP contribution < -0.4 is 4.90 Å². The van der Waals surface area contributed by atoms with E-state index in [2.05, 4.69) is 4.99 Å². The van der Waals surface area contributed by atoms with E-state index in [0.29, 0.717) is 17.7 Å². The number of rotatable bonds is 3. The standard InChI is InChI=1S/C16H18N2O4/c1-4-16(2,3)15(22)18-11-8-6-5-7-10(11)13(14(18)21)17-12(20)9-19/h5-8,19H,4,9H2,1-3H3. The molecule has 22 heavy (non-hydrogen) atoms. The number of hydrogen-bond acceptors (Lipinski definition) is 4. The van der Waals surface area contributed by atoms with Crippen LogP contribution in [-0.4, -0.2) is 35.1 Å². The zero-order valence-corrected chi connectivity index (χ0v) is 12.8. The van der Waals surface area contributed by atoms with Crippen LogP contribution in [0.25, 0.3) is 0 Å². The van der Waals surface area contributed by atoms with Crippen molar-refractivity contribution in [2.45, 2.75) is 27.2 Å². The van der Waals surface area contributed by atoms with E-state index in [-0.39, 0.29) is 11.6 Å². The number of para-hydroxylation sites is 1. The second kappa shape index (κ2) is 5.81. The summed E-state index contributed by atoms with van der Waals surface area (Å²) in [6.45, 7) is 4.61. The molecule has 0 aromatic heterocycles. The van der Waals surface area contributed by atoms with Crippen molar-refractivity contribution in [2.24, 2.45) is 10.4 Å². The number of benzene rings is 1. The van der Waals surface area contributed by atoms with Gasteiger partial charge in [-0.2, -0.15) is 0 Å². The Labute approximate surface area is 128 Å². The molecule has 6 nitrogen and oxygen atoms in total. The Balaban J connectivity index is 2.56. The second-order valence-corrected chi connectivity index (χ2v) is 5.71. The van der Waals surface area contributed by atoms with Crippen molar-refractivity contribution in [3.05, 3.63) is 29.8 Å². The normalized spacial score (nSPS) is 16.1. The maximum absolute atomic E-state index is 12.7. The smallest absolute Gasteiger partial charge is 0.284 e. The molecule has 1 aromatic carbocycles. The van der Waals surface area contributed by atoms with Crippen molar-refractivity contribution in [2.75, 3.05) is 11.5 Å². The summed E-state index contributed by atoms with van der Waals surface area (Å²) < 4.78 is 0. The molecule has 1 heterocycles. The van der Waals surface area contributed by atoms with Gasteiger partial charge in [0.25, 0.3) is 11.8 Å². The molecule has 0 saturated heterocycles. The molecule has 1 aliphatic heterocycles. The fraction of sp³-hybridized carbons (Fsp3) is 0.375. The van der Waals surface area contributed by atoms with E-state index >= 15 is 0 Å². The number of aliphatic hydroxyl groups is 1. The number of nitrogens with zero attached hydrogens (tertiary/aromatic N) is 2. The van der Waals surface area contributed by atoms with Crippen LogP contribution in [0.1, 0.15) is 32.8 Å². The van der Waals surface area contributed by atoms with Crippen molar-refractivity contribution >= 4 is 29.1 Å². The number of anilines is 1. The Morgan fingerprint density at radius 1 is 1.27 bits per heavy atom. The van der Waals surface area contributed by atoms with Gasteiger partial charge in [-0.1, -0.05) is 39.0 Å². The molecule has 3 amide bonds. The molecular formula is C16H18N2O4. The van der Waals surface area contributed by atoms with Crippen molar-refractivity contribution in [3.63, 3.8) is 0 Å². The van der Waals surface area contributed by atoms with E-state index in [9.17, 15) is 14.4 Å². The first-order valence-electron chi connectivity index (χ1n) is 7.04. The SMILES string of the molecule is CCC(C)(C)C(=O)N1C(=O)C(=NC(=O)CO)c2ccccc21. The van der Waals surface area contributed by atoms with Gasteiger partial charge in [-0.3, -0.25) is 14.4 Å². The lowest BCUT2D eigenvalue weighted by atomic mass is 9.88. The highest BCUT2D eigenvalue weighted by Gasteiger charge is 2.42. The number of carbonyl (C=O) groups is 3. The van der Waals surface area contributed by atoms with Crippen LogP contribution >= 0.6 is 0 Å². The van der Waals surface area contributed by atoms with Crippen LogP contribution in [0.4, 0.5) is 5.69 Å². The number of aliphatic hydroxyl groups excluding tert-OH is 1. The largest absolute Gasteiger partial charge is 0.386 e. The van der Waals surface area contributed by atoms with Crippen molar-refractivity contribution in [1.82, 2.24) is 0 Å². The average Bonchev–Trinajstić information content (AvgIpc) is 2.79. The monoisotopic (exact) mass is 302 g/mol. The summed E-state index contributed by atoms with van der Waals surface area (Å²) in [5.41, 5.74) is 0.0344. The molecule has 1 aromatic rings. The van der Waals surface area contributed by atoms with E-state index in [1.165, 1.54) is 0 Å². The molecule has 1 N–H and O–H groups in total. The zero-order valence-electron chi connectivity index (χ0n) is 12.8. The predicted molar refractivity (Wildman–Crippen MR) is 81.6 cm³/mol. The molecule has 0 unspecified atom stereocenters. The molecular weight excluding hydrogens is 284 g/mol. The quantitative estimate of drug-likeness (QED) is 0.911. The number of aliphatic imine (C=N–C) groups is 1. The third-order valence-electron chi connectivity index (χ3n) is 3.84. The van der Waals surface area contributed by atoms with E-state index in [0.717, 1.165) is 4.90 Å². The van der Waals surface area contributed by atoms with Gasteiger partial charge in [-0.25, -0.2) is 9.89 Å². The minimum atomic E-state index is -0.817. The first-order chi connectivity index (χ1) is 10.3. The minimum absolute atomic E-state index is 0.102. The topological polar surface area (TPSA) is 87.0 Å². The summed E-state index contributed by atoms with van der Waals surface area (Å²) in [6, 6.07) is 6.68. The van der Waals surface area contributed by atoms with Crippen molar-refractivity contribution < 1.29 is 19.5 Å². The summed E-state index contributed by atoms with van der Waals surface area (Å²) in [6.07, 6.45) is 0.569. The lowest BCUT2D eigenvalue weighted by Crippen LogP contribution is -2.44. The molecule has 116 valence electrons. The molecule has 0 radical (unpaired) electrons. The van der Waals surface area contributed by atoms with E-state index in [4.69, 9.17) is 5.11 Å². The number of fused-ring (bicyclic) bond motifs is 1. The summed E-state index contributed by atoms with van der Waals surface area (Å²) in [5, 5.41) is 8.82. The van der Waals surface area contributed by atoms with Crippen LogP contribution in [0.5, 0.6) is 0 Å². The van der Waals surface area contributed by atoms with E-state index in [1.54, 1.807) is 38.1 Å². The van der Waals surface area contributed by atoms with Crippen LogP contribution in [-0.2, 0) is 14.4 Å². The lowest BCUT2D eigenvalue weighted by Gasteiger charge is -2.26. The van der Waals surface area contributed by atoms with Gasteiger partial charge >= 0.3 is 0 Å². The molecule has 0 aliphatic carbocycles. The Morgan fingerprint density at radius 2 is 1.91 bits per heavy atom. The summed E-state index contributed by atoms with van der Waals surface area (Å²) in [5.74, 6) is -1.79. The maximum atomic E-state index is 12.7. The van der Waals surface area contributed by atoms with Gasteiger partial charge in [0.15, 0.2) is 0 Å². The Kier molecular flexibility index (Phi) is 4.23. The molecule has 0 spiro atoms. The average molecular weight is 302 g/mol. The number of imide groups is 1. The molecule has 0 atom stereocenters. The third-order valence-corrected chi connectivity index (χ3v) is 3.84. The van der Waals surface area contributed by atoms with Gasteiger partial charge in [0.05, 0.1) is 5.69 Å². The highest BCUT2D eigenvalue weighted by molar-refractivity contribution is 6.59. The summed E-state index contributed by atoms with van der Waals surface area (Å²) in [4.78, 5) is 41.3. The molecule has 0 fully saturated rings. The minimum Gasteiger partial charge on any atom is -0.386 e. The fourth-order valence-electron chi connectivity index (χ4n) is 2.12. The molecule has 1 aliphatic rings. The number of hydrogen-bond donors (Lipinski definition) is 1. The first-order valence-corrected chi connectivity index (χ1v) is 7.04. The van der Waals surface area contributed by atoms with Crippen molar-refractivity contribution in [3.8, 4) is 0 Å². The predicted octanol–water partition coefficient (Wildman–Crippen LogP) is 1.30. The van der Waals surface area contributed by atoms with Gasteiger partial charge in [0, 0.05) is 11.0 Å². The molecule has 0 bridgehead atoms. The van der Waals surface area contributed by atoms with E-state index in [1.807, 2.05) is 6.92 Å². The van der Waals surface area contributed by atoms with Gasteiger partial charge in [-0.15, -0.1) is 0 Å². The number of amides is 3. The van der Waals surface area contributed by atoms with Gasteiger partial charge in [0.2, 0.25) is 5.91 Å². The van der Waals surface area contributed by atoms with Crippen molar-refractivity contribution in [1.29, 1.82) is 0 Å². The maximum Gasteiger partial charge on any atom is 0.284 e. The Hall–Kier alpha value is -2.34. The highest BCUT2D eigenvalue weighted by Crippen LogP contribution is 2.34. The van der Waals surface area contributed by atoms with Gasteiger partial charge in [-0.05, 0) is 12.5 Å². The van der Waals surface area contributed by atoms with Crippen LogP contribution in [0, 0.1) is 5.41 Å².